The number of rotatable bonds is 20. The average Bonchev–Trinajstić information content (AvgIpc) is 1.31. The fraction of sp³-hybridized carbons (Fsp3) is 0.236. The highest BCUT2D eigenvalue weighted by Crippen LogP contribution is 2.59. The van der Waals surface area contributed by atoms with Gasteiger partial charge in [0, 0.05) is 28.4 Å². The standard InChI is InChI=1S/C110H100O8/c1-111-71-115-107-59-61-108(62-60-107,116-72-112-2)92-53-45-80(46-54-92)100-97-41-22-42-98(97)102(106(90-38-20-34-86(70-90)78-29-15-8-16-30-78)105(100)89-37-19-33-85(69-89)77-27-13-7-14-28-77)82-49-57-94(58-50-82)110(118-74-114-4)65-63-109(64-66-110,117-73-113-3)93-55-47-81(48-56-93)101-96-40-21-39-95(96)99(79-43-51-91(107)52-44-79)103(87-35-17-31-83(67-87)75-23-9-5-10-24-75)104(101)88-36-18-32-84(68-88)76-25-11-6-12-26-76/h5-20,23-38,43-58,67-70H,21-22,39-42,59-66,71-74H2,1-4H3. The lowest BCUT2D eigenvalue weighted by Gasteiger charge is -2.46. The second-order valence-corrected chi connectivity index (χ2v) is 32.9. The molecule has 28 rings (SSSR count). The molecule has 0 spiro atoms. The summed E-state index contributed by atoms with van der Waals surface area (Å²) in [5, 5.41) is 0. The van der Waals surface area contributed by atoms with Crippen LogP contribution < -0.4 is 0 Å². The molecule has 2 saturated carbocycles. The number of hydrogen-bond donors (Lipinski definition) is 0. The maximum absolute atomic E-state index is 7.19. The van der Waals surface area contributed by atoms with E-state index in [2.05, 4.69) is 315 Å². The third-order valence-corrected chi connectivity index (χ3v) is 26.5. The van der Waals surface area contributed by atoms with E-state index in [4.69, 9.17) is 37.9 Å². The normalized spacial score (nSPS) is 19.1. The van der Waals surface area contributed by atoms with Gasteiger partial charge >= 0.3 is 0 Å². The quantitative estimate of drug-likeness (QED) is 0.0699. The first-order chi connectivity index (χ1) is 58.2. The molecule has 0 atom stereocenters. The van der Waals surface area contributed by atoms with Crippen LogP contribution in [0.3, 0.4) is 0 Å². The predicted molar refractivity (Wildman–Crippen MR) is 478 cm³/mol. The van der Waals surface area contributed by atoms with E-state index in [0.29, 0.717) is 51.4 Å². The Hall–Kier alpha value is -11.2. The summed E-state index contributed by atoms with van der Waals surface area (Å²) in [6.07, 6.45) is 11.2. The summed E-state index contributed by atoms with van der Waals surface area (Å²) in [7, 11) is 6.93. The molecule has 14 aliphatic carbocycles. The first-order valence-electron chi connectivity index (χ1n) is 42.2. The fourth-order valence-electron chi connectivity index (χ4n) is 20.7. The molecule has 0 aromatic heterocycles. The molecule has 0 heterocycles. The van der Waals surface area contributed by atoms with E-state index in [1.807, 2.05) is 0 Å². The molecule has 0 aliphatic heterocycles. The molecule has 14 aliphatic rings. The Labute approximate surface area is 695 Å². The molecule has 0 radical (unpaired) electrons. The molecule has 588 valence electrons. The summed E-state index contributed by atoms with van der Waals surface area (Å²) < 4.78 is 52.4. The Morgan fingerprint density at radius 1 is 0.186 bits per heavy atom. The van der Waals surface area contributed by atoms with Crippen LogP contribution in [-0.2, 0) is 86.0 Å². The van der Waals surface area contributed by atoms with Gasteiger partial charge in [0.15, 0.2) is 0 Å². The van der Waals surface area contributed by atoms with Crippen molar-refractivity contribution in [3.8, 4) is 134 Å². The number of benzene rings is 14. The topological polar surface area (TPSA) is 73.8 Å². The summed E-state index contributed by atoms with van der Waals surface area (Å²) in [5.41, 5.74) is 35.8. The summed E-state index contributed by atoms with van der Waals surface area (Å²) >= 11 is 0. The van der Waals surface area contributed by atoms with Gasteiger partial charge in [0.25, 0.3) is 0 Å². The highest BCUT2D eigenvalue weighted by molar-refractivity contribution is 6.08. The SMILES string of the molecule is COCOC12CCC(OCOC)(CC1)c1ccc(cc1)-c1c3c(c(c(-c4cccc(-c5ccccc5)c4)c1-c1cccc(-c4ccccc4)c1)-c1ccc(cc1)C1(OCOC)CCC(OCOC)(CC1)c1ccc(cc1)-c1c4c(c(c(-c5cccc(-c6ccccc6)c5)c1-c1cccc(-c5ccccc5)c1)-c1ccc2cc1)CCC4)CCC3. The molecule has 2 fully saturated rings. The third kappa shape index (κ3) is 14.3. The maximum atomic E-state index is 7.19. The molecule has 14 aromatic carbocycles. The van der Waals surface area contributed by atoms with Gasteiger partial charge in [-0.1, -0.05) is 291 Å². The van der Waals surface area contributed by atoms with E-state index >= 15 is 0 Å². The number of hydrogen-bond acceptors (Lipinski definition) is 8. The summed E-state index contributed by atoms with van der Waals surface area (Å²) in [6.45, 7) is 0.559. The van der Waals surface area contributed by atoms with E-state index in [1.165, 1.54) is 111 Å². The van der Waals surface area contributed by atoms with Crippen LogP contribution in [0.1, 0.15) is 109 Å². The highest BCUT2D eigenvalue weighted by Gasteiger charge is 2.49. The lowest BCUT2D eigenvalue weighted by atomic mass is 9.69. The van der Waals surface area contributed by atoms with Gasteiger partial charge in [-0.25, -0.2) is 0 Å². The average molecular weight is 1550 g/mol. The van der Waals surface area contributed by atoms with Gasteiger partial charge in [-0.3, -0.25) is 0 Å². The van der Waals surface area contributed by atoms with Gasteiger partial charge in [0.2, 0.25) is 0 Å². The zero-order chi connectivity index (χ0) is 79.6. The van der Waals surface area contributed by atoms with Crippen molar-refractivity contribution in [3.63, 3.8) is 0 Å². The monoisotopic (exact) mass is 1550 g/mol. The van der Waals surface area contributed by atoms with Crippen molar-refractivity contribution in [2.24, 2.45) is 0 Å². The van der Waals surface area contributed by atoms with Crippen molar-refractivity contribution in [2.75, 3.05) is 55.6 Å². The molecule has 0 amide bonds. The van der Waals surface area contributed by atoms with Crippen molar-refractivity contribution in [1.29, 1.82) is 0 Å². The van der Waals surface area contributed by atoms with Crippen molar-refractivity contribution >= 4 is 0 Å². The van der Waals surface area contributed by atoms with Crippen molar-refractivity contribution in [2.45, 2.75) is 112 Å². The van der Waals surface area contributed by atoms with E-state index in [0.717, 1.165) is 105 Å². The third-order valence-electron chi connectivity index (χ3n) is 26.5. The molecule has 8 heteroatoms. The molecular weight excluding hydrogens is 1450 g/mol. The minimum absolute atomic E-state index is 0.140. The van der Waals surface area contributed by atoms with Crippen LogP contribution in [-0.4, -0.2) is 55.6 Å². The van der Waals surface area contributed by atoms with Crippen molar-refractivity contribution < 1.29 is 37.9 Å². The number of methoxy groups -OCH3 is 4. The first kappa shape index (κ1) is 76.7. The van der Waals surface area contributed by atoms with Crippen LogP contribution in [0.25, 0.3) is 134 Å². The summed E-state index contributed by atoms with van der Waals surface area (Å²) in [6, 6.07) is 118. The molecule has 0 N–H and O–H groups in total. The zero-order valence-electron chi connectivity index (χ0n) is 68.0. The van der Waals surface area contributed by atoms with E-state index < -0.39 is 22.4 Å². The molecule has 0 saturated heterocycles. The number of ether oxygens (including phenoxy) is 8. The minimum Gasteiger partial charge on any atom is -0.359 e. The second kappa shape index (κ2) is 33.3. The van der Waals surface area contributed by atoms with Gasteiger partial charge < -0.3 is 37.9 Å². The van der Waals surface area contributed by atoms with Crippen LogP contribution >= 0.6 is 0 Å². The van der Waals surface area contributed by atoms with Crippen LogP contribution in [0.4, 0.5) is 0 Å². The van der Waals surface area contributed by atoms with E-state index in [1.54, 1.807) is 28.4 Å². The van der Waals surface area contributed by atoms with Crippen LogP contribution in [0.2, 0.25) is 0 Å². The first-order valence-corrected chi connectivity index (χ1v) is 42.2. The van der Waals surface area contributed by atoms with Crippen LogP contribution in [0.15, 0.2) is 315 Å². The Kier molecular flexibility index (Phi) is 21.6. The van der Waals surface area contributed by atoms with Crippen LogP contribution in [0.5, 0.6) is 0 Å². The highest BCUT2D eigenvalue weighted by atomic mass is 16.7. The lowest BCUT2D eigenvalue weighted by Crippen LogP contribution is -2.43. The Bertz CT molecular complexity index is 5170. The van der Waals surface area contributed by atoms with Gasteiger partial charge in [0.1, 0.15) is 27.2 Å². The molecule has 14 aromatic rings. The van der Waals surface area contributed by atoms with Gasteiger partial charge in [-0.2, -0.15) is 0 Å². The van der Waals surface area contributed by atoms with Crippen molar-refractivity contribution in [1.82, 2.24) is 0 Å². The summed E-state index contributed by atoms with van der Waals surface area (Å²) in [5.74, 6) is 0. The largest absolute Gasteiger partial charge is 0.359 e. The maximum Gasteiger partial charge on any atom is 0.147 e. The second-order valence-electron chi connectivity index (χ2n) is 32.9. The fourth-order valence-corrected chi connectivity index (χ4v) is 20.7. The molecular formula is C110H100O8. The van der Waals surface area contributed by atoms with E-state index in [-0.39, 0.29) is 27.2 Å². The smallest absolute Gasteiger partial charge is 0.147 e. The minimum atomic E-state index is -0.702. The zero-order valence-corrected chi connectivity index (χ0v) is 68.0. The Morgan fingerprint density at radius 3 is 0.568 bits per heavy atom. The van der Waals surface area contributed by atoms with Crippen LogP contribution in [0, 0.1) is 0 Å². The van der Waals surface area contributed by atoms with Gasteiger partial charge in [-0.15, -0.1) is 0 Å². The van der Waals surface area contributed by atoms with Gasteiger partial charge in [-0.05, 0) is 292 Å². The molecule has 16 bridgehead atoms. The Balaban J connectivity index is 0.838. The lowest BCUT2D eigenvalue weighted by molar-refractivity contribution is -0.203. The molecule has 118 heavy (non-hydrogen) atoms. The Morgan fingerprint density at radius 2 is 0.373 bits per heavy atom. The summed E-state index contributed by atoms with van der Waals surface area (Å²) in [4.78, 5) is 0. The molecule has 0 unspecified atom stereocenters. The predicted octanol–water partition coefficient (Wildman–Crippen LogP) is 26.8. The van der Waals surface area contributed by atoms with Crippen molar-refractivity contribution in [3.05, 3.63) is 360 Å². The van der Waals surface area contributed by atoms with E-state index in [9.17, 15) is 0 Å². The molecule has 8 nitrogen and oxygen atoms in total. The van der Waals surface area contributed by atoms with Gasteiger partial charge in [0.05, 0.1) is 22.4 Å².